The lowest BCUT2D eigenvalue weighted by Crippen LogP contribution is -2.54. The van der Waals surface area contributed by atoms with Crippen LogP contribution in [0, 0.1) is 35.1 Å². The maximum absolute atomic E-state index is 17.1. The molecule has 4 aliphatic rings. The number of nitrogens with one attached hydrogen (secondary N) is 4. The number of imidazole rings is 2. The fraction of sp³-hybridized carbons (Fsp3) is 0.571. The number of hydrogen-bond acceptors (Lipinski definition) is 14. The zero-order valence-corrected chi connectivity index (χ0v) is 48.5. The van der Waals surface area contributed by atoms with Gasteiger partial charge in [-0.25, -0.2) is 37.1 Å². The van der Waals surface area contributed by atoms with Crippen LogP contribution in [0.15, 0.2) is 36.4 Å². The van der Waals surface area contributed by atoms with Crippen molar-refractivity contribution in [2.24, 2.45) is 11.8 Å². The molecule has 3 aromatic carbocycles. The summed E-state index contributed by atoms with van der Waals surface area (Å²) in [5, 5.41) is 5.19. The lowest BCUT2D eigenvalue weighted by atomic mass is 10.0. The van der Waals surface area contributed by atoms with Gasteiger partial charge >= 0.3 is 12.2 Å². The molecule has 0 saturated carbocycles. The quantitative estimate of drug-likeness (QED) is 0.0481. The summed E-state index contributed by atoms with van der Waals surface area (Å²) < 4.78 is 99.4. The van der Waals surface area contributed by atoms with Crippen LogP contribution < -0.4 is 20.4 Å². The number of fused-ring (bicyclic) bond motifs is 2. The number of rotatable bonds is 18. The Bertz CT molecular complexity index is 2940. The molecule has 9 rings (SSSR count). The maximum atomic E-state index is 17.1. The van der Waals surface area contributed by atoms with E-state index in [1.165, 1.54) is 52.7 Å². The Morgan fingerprint density at radius 3 is 1.43 bits per heavy atom. The number of methoxy groups -OCH3 is 6. The van der Waals surface area contributed by atoms with Gasteiger partial charge in [0.05, 0.1) is 93.9 Å². The van der Waals surface area contributed by atoms with E-state index >= 15 is 17.6 Å². The van der Waals surface area contributed by atoms with Gasteiger partial charge in [0, 0.05) is 95.4 Å². The molecule has 4 aliphatic heterocycles. The minimum Gasteiger partial charge on any atom is -0.453 e. The highest BCUT2D eigenvalue weighted by molar-refractivity contribution is 6.77. The van der Waals surface area contributed by atoms with E-state index in [1.807, 2.05) is 0 Å². The van der Waals surface area contributed by atoms with Crippen molar-refractivity contribution in [2.75, 3.05) is 91.9 Å². The molecule has 5 aromatic rings. The van der Waals surface area contributed by atoms with E-state index in [2.05, 4.69) is 33.7 Å². The van der Waals surface area contributed by atoms with Crippen LogP contribution in [0.2, 0.25) is 25.2 Å². The predicted molar refractivity (Wildman–Crippen MR) is 295 cm³/mol. The van der Waals surface area contributed by atoms with Gasteiger partial charge in [-0.1, -0.05) is 13.1 Å². The molecule has 4 N–H and O–H groups in total. The molecule has 4 saturated heterocycles. The molecular formula is C56H74F4N10O10Si. The van der Waals surface area contributed by atoms with Crippen molar-refractivity contribution >= 4 is 65.5 Å². The van der Waals surface area contributed by atoms with Crippen LogP contribution in [0.25, 0.3) is 22.1 Å². The third-order valence-electron chi connectivity index (χ3n) is 17.0. The molecule has 0 spiro atoms. The number of ether oxygens (including phenoxy) is 6. The normalized spacial score (nSPS) is 23.5. The molecule has 20 nitrogen and oxygen atoms in total. The first-order valence-electron chi connectivity index (χ1n) is 27.4. The zero-order chi connectivity index (χ0) is 58.2. The predicted octanol–water partition coefficient (Wildman–Crippen LogP) is 8.20. The standard InChI is InChI=1S/C56H74F4N10O10Si/c1-29(77-5)48(65-55(73)79-7)53(71)68-25-31(27-75-3)17-46(68)51-61-40-21-34(36(57)23-42(40)63-51)44-11-12-45(70(44)33-19-38(59)50(39(60)20-33)67-13-15-81(9,10)16-14-67)35-22-41-43(24-37(35)58)64-52(62-41)47-18-32(28-76-4)26-69(47)54(72)49(30(2)78-6)66-56(74)80-8/h19-24,29-32,44-49H,11-18,25-28H2,1-10H3,(H,61,63)(H,62,64)(H,65,73)(H,66,74)/t29-,30-,31+,32+,44-,45-,46+,47+,48+,49+/m1/s1. The van der Waals surface area contributed by atoms with E-state index in [9.17, 15) is 19.2 Å². The smallest absolute Gasteiger partial charge is 0.407 e. The van der Waals surface area contributed by atoms with Crippen LogP contribution in [0.4, 0.5) is 38.5 Å². The molecule has 0 radical (unpaired) electrons. The summed E-state index contributed by atoms with van der Waals surface area (Å²) in [4.78, 5) is 76.5. The minimum atomic E-state index is -1.52. The lowest BCUT2D eigenvalue weighted by Gasteiger charge is -2.38. The van der Waals surface area contributed by atoms with Crippen LogP contribution >= 0.6 is 0 Å². The molecule has 0 unspecified atom stereocenters. The van der Waals surface area contributed by atoms with Gasteiger partial charge in [-0.05, 0) is 75.9 Å². The Balaban J connectivity index is 1.10. The Hall–Kier alpha value is -6.54. The number of hydrogen-bond donors (Lipinski definition) is 4. The lowest BCUT2D eigenvalue weighted by molar-refractivity contribution is -0.138. The van der Waals surface area contributed by atoms with Crippen LogP contribution in [-0.4, -0.2) is 168 Å². The van der Waals surface area contributed by atoms with E-state index in [1.54, 1.807) is 59.8 Å². The Morgan fingerprint density at radius 2 is 1.05 bits per heavy atom. The molecule has 0 aliphatic carbocycles. The van der Waals surface area contributed by atoms with Crippen molar-refractivity contribution in [1.29, 1.82) is 0 Å². The second-order valence-corrected chi connectivity index (χ2v) is 28.0. The molecule has 440 valence electrons. The van der Waals surface area contributed by atoms with Gasteiger partial charge in [0.2, 0.25) is 11.8 Å². The molecule has 0 bridgehead atoms. The van der Waals surface area contributed by atoms with E-state index in [0.29, 0.717) is 61.8 Å². The summed E-state index contributed by atoms with van der Waals surface area (Å²) >= 11 is 0. The van der Waals surface area contributed by atoms with Gasteiger partial charge in [0.15, 0.2) is 11.6 Å². The number of halogens is 4. The monoisotopic (exact) mass is 1150 g/mol. The van der Waals surface area contributed by atoms with Crippen molar-refractivity contribution in [2.45, 2.75) is 113 Å². The maximum Gasteiger partial charge on any atom is 0.407 e. The Labute approximate surface area is 468 Å². The van der Waals surface area contributed by atoms with Crippen molar-refractivity contribution in [3.8, 4) is 0 Å². The third-order valence-corrected chi connectivity index (χ3v) is 20.1. The Kier molecular flexibility index (Phi) is 17.9. The van der Waals surface area contributed by atoms with E-state index in [-0.39, 0.29) is 71.3 Å². The number of aromatic amines is 2. The first-order valence-corrected chi connectivity index (χ1v) is 30.9. The Morgan fingerprint density at radius 1 is 0.630 bits per heavy atom. The highest BCUT2D eigenvalue weighted by Crippen LogP contribution is 2.50. The minimum absolute atomic E-state index is 0.0805. The van der Waals surface area contributed by atoms with Crippen molar-refractivity contribution in [3.05, 3.63) is 82.4 Å². The summed E-state index contributed by atoms with van der Waals surface area (Å²) in [6.45, 7) is 9.99. The fourth-order valence-electron chi connectivity index (χ4n) is 12.4. The highest BCUT2D eigenvalue weighted by atomic mass is 28.3. The van der Waals surface area contributed by atoms with Gasteiger partial charge in [-0.3, -0.25) is 9.59 Å². The summed E-state index contributed by atoms with van der Waals surface area (Å²) in [5.74, 6) is -3.35. The number of nitrogens with zero attached hydrogens (tertiary/aromatic N) is 6. The summed E-state index contributed by atoms with van der Waals surface area (Å²) in [7, 11) is 6.84. The molecule has 10 atom stereocenters. The molecule has 6 heterocycles. The van der Waals surface area contributed by atoms with Crippen LogP contribution in [0.3, 0.4) is 0 Å². The number of aromatic nitrogens is 4. The first-order chi connectivity index (χ1) is 38.7. The summed E-state index contributed by atoms with van der Waals surface area (Å²) in [6, 6.07) is 4.66. The number of alkyl carbamates (subject to hydrolysis) is 2. The summed E-state index contributed by atoms with van der Waals surface area (Å²) in [5.41, 5.74) is 1.60. The second kappa shape index (κ2) is 24.5. The topological polar surface area (TPSA) is 218 Å². The van der Waals surface area contributed by atoms with Gasteiger partial charge in [-0.2, -0.15) is 0 Å². The van der Waals surface area contributed by atoms with Crippen LogP contribution in [0.5, 0.6) is 0 Å². The van der Waals surface area contributed by atoms with Crippen molar-refractivity contribution in [1.82, 2.24) is 40.4 Å². The average molecular weight is 1150 g/mol. The molecule has 4 fully saturated rings. The zero-order valence-electron chi connectivity index (χ0n) is 47.5. The van der Waals surface area contributed by atoms with Crippen LogP contribution in [0.1, 0.15) is 86.5 Å². The van der Waals surface area contributed by atoms with Gasteiger partial charge in [-0.15, -0.1) is 0 Å². The van der Waals surface area contributed by atoms with Crippen molar-refractivity contribution in [3.63, 3.8) is 0 Å². The van der Waals surface area contributed by atoms with E-state index in [0.717, 1.165) is 12.1 Å². The molecular weight excluding hydrogens is 1080 g/mol. The molecule has 81 heavy (non-hydrogen) atoms. The van der Waals surface area contributed by atoms with E-state index < -0.39 is 104 Å². The highest BCUT2D eigenvalue weighted by Gasteiger charge is 2.46. The molecule has 2 aromatic heterocycles. The molecule has 25 heteroatoms. The third kappa shape index (κ3) is 12.0. The van der Waals surface area contributed by atoms with Gasteiger partial charge in [0.25, 0.3) is 0 Å². The number of likely N-dealkylation sites (tertiary alicyclic amines) is 2. The van der Waals surface area contributed by atoms with Crippen LogP contribution in [-0.2, 0) is 38.0 Å². The second-order valence-electron chi connectivity index (χ2n) is 22.7. The average Bonchev–Trinajstić information content (AvgIpc) is 4.52. The van der Waals surface area contributed by atoms with Crippen molar-refractivity contribution < 1.29 is 65.2 Å². The number of carbonyl (C=O) groups excluding carboxylic acids is 4. The molecule has 4 amide bonds. The SMILES string of the molecule is COC[C@H]1C[C@@H](c2nc3cc(F)c([C@H]4CC[C@H](c5cc6[nH]c([C@@H]7C[C@H](COC)CN7C(=O)[C@@H](NC(=O)OC)[C@@H](C)OC)nc6cc5F)N4c4cc(F)c(N5CC[Si](C)(C)CC5)c(F)c4)cc3[nH]2)N(C(=O)[C@@H](NC(=O)OC)[C@@H](C)OC)C1. The number of H-pyrrole nitrogens is 2. The number of amides is 4. The summed E-state index contributed by atoms with van der Waals surface area (Å²) in [6.07, 6.45) is -1.82. The van der Waals surface area contributed by atoms with E-state index in [4.69, 9.17) is 38.4 Å². The van der Waals surface area contributed by atoms with Gasteiger partial charge < -0.3 is 68.6 Å². The number of benzene rings is 3. The number of carbonyl (C=O) groups is 4. The fourth-order valence-corrected chi connectivity index (χ4v) is 14.4. The van der Waals surface area contributed by atoms with Gasteiger partial charge in [0.1, 0.15) is 41.1 Å². The number of anilines is 2. The first kappa shape index (κ1) is 59.1. The largest absolute Gasteiger partial charge is 0.453 e.